The monoisotopic (exact) mass is 335 g/mol. The predicted molar refractivity (Wildman–Crippen MR) is 101 cm³/mol. The first kappa shape index (κ1) is 16.3. The number of nitrogens with zero attached hydrogens (tertiary/aromatic N) is 1. The van der Waals surface area contributed by atoms with Crippen LogP contribution in [0.3, 0.4) is 0 Å². The molecule has 0 aliphatic heterocycles. The maximum atomic E-state index is 6.13. The van der Waals surface area contributed by atoms with Crippen molar-refractivity contribution < 1.29 is 4.74 Å². The summed E-state index contributed by atoms with van der Waals surface area (Å²) >= 11 is 6.13. The van der Waals surface area contributed by atoms with Gasteiger partial charge in [0.2, 0.25) is 0 Å². The molecule has 3 aromatic carbocycles. The Morgan fingerprint density at radius 2 is 1.71 bits per heavy atom. The van der Waals surface area contributed by atoms with E-state index < -0.39 is 0 Å². The Kier molecular flexibility index (Phi) is 5.29. The molecule has 2 nitrogen and oxygen atoms in total. The molecular formula is C21H18ClNO. The van der Waals surface area contributed by atoms with Crippen molar-refractivity contribution >= 4 is 23.5 Å². The van der Waals surface area contributed by atoms with Crippen molar-refractivity contribution in [1.82, 2.24) is 0 Å². The van der Waals surface area contributed by atoms with Gasteiger partial charge in [0, 0.05) is 16.8 Å². The Hall–Kier alpha value is -2.58. The number of benzene rings is 3. The van der Waals surface area contributed by atoms with E-state index in [1.165, 1.54) is 0 Å². The molecule has 0 heterocycles. The van der Waals surface area contributed by atoms with Gasteiger partial charge in [0.05, 0.1) is 5.69 Å². The van der Waals surface area contributed by atoms with Gasteiger partial charge in [-0.3, -0.25) is 4.99 Å². The van der Waals surface area contributed by atoms with E-state index in [1.807, 2.05) is 79.7 Å². The molecule has 3 rings (SSSR count). The van der Waals surface area contributed by atoms with E-state index in [0.29, 0.717) is 11.6 Å². The molecule has 0 fully saturated rings. The highest BCUT2D eigenvalue weighted by Gasteiger charge is 2.04. The second kappa shape index (κ2) is 7.80. The summed E-state index contributed by atoms with van der Waals surface area (Å²) in [6.07, 6.45) is 1.80. The minimum atomic E-state index is 0.508. The molecule has 24 heavy (non-hydrogen) atoms. The van der Waals surface area contributed by atoms with Crippen LogP contribution in [0.2, 0.25) is 5.02 Å². The third-order valence-corrected chi connectivity index (χ3v) is 3.90. The zero-order valence-electron chi connectivity index (χ0n) is 13.4. The summed E-state index contributed by atoms with van der Waals surface area (Å²) in [6, 6.07) is 23.6. The van der Waals surface area contributed by atoms with Crippen LogP contribution in [0.25, 0.3) is 0 Å². The minimum absolute atomic E-state index is 0.508. The fraction of sp³-hybridized carbons (Fsp3) is 0.0952. The Balaban J connectivity index is 1.82. The molecule has 0 unspecified atom stereocenters. The Morgan fingerprint density at radius 1 is 0.958 bits per heavy atom. The van der Waals surface area contributed by atoms with Crippen LogP contribution in [-0.4, -0.2) is 6.21 Å². The Bertz CT molecular complexity index is 843. The molecule has 0 bridgehead atoms. The number of para-hydroxylation sites is 1. The van der Waals surface area contributed by atoms with Gasteiger partial charge >= 0.3 is 0 Å². The van der Waals surface area contributed by atoms with Crippen molar-refractivity contribution in [3.63, 3.8) is 0 Å². The van der Waals surface area contributed by atoms with Crippen LogP contribution in [-0.2, 0) is 6.61 Å². The summed E-state index contributed by atoms with van der Waals surface area (Å²) in [5.41, 5.74) is 4.05. The molecule has 0 saturated heterocycles. The van der Waals surface area contributed by atoms with E-state index >= 15 is 0 Å². The largest absolute Gasteiger partial charge is 0.488 e. The molecule has 3 aromatic rings. The number of hydrogen-bond acceptors (Lipinski definition) is 2. The van der Waals surface area contributed by atoms with Crippen LogP contribution < -0.4 is 4.74 Å². The number of halogens is 1. The van der Waals surface area contributed by atoms with Gasteiger partial charge in [0.25, 0.3) is 0 Å². The molecule has 0 radical (unpaired) electrons. The lowest BCUT2D eigenvalue weighted by atomic mass is 10.2. The minimum Gasteiger partial charge on any atom is -0.488 e. The zero-order chi connectivity index (χ0) is 16.8. The molecule has 120 valence electrons. The average molecular weight is 336 g/mol. The lowest BCUT2D eigenvalue weighted by Crippen LogP contribution is -1.98. The fourth-order valence-corrected chi connectivity index (χ4v) is 2.51. The Morgan fingerprint density at radius 3 is 2.50 bits per heavy atom. The average Bonchev–Trinajstić information content (AvgIpc) is 2.61. The topological polar surface area (TPSA) is 21.6 Å². The van der Waals surface area contributed by atoms with Crippen LogP contribution in [0, 0.1) is 6.92 Å². The number of hydrogen-bond donors (Lipinski definition) is 0. The maximum Gasteiger partial charge on any atom is 0.128 e. The molecular weight excluding hydrogens is 318 g/mol. The summed E-state index contributed by atoms with van der Waals surface area (Å²) in [6.45, 7) is 2.55. The quantitative estimate of drug-likeness (QED) is 0.526. The van der Waals surface area contributed by atoms with Crippen molar-refractivity contribution in [2.24, 2.45) is 4.99 Å². The number of rotatable bonds is 5. The maximum absolute atomic E-state index is 6.13. The molecule has 0 saturated carbocycles. The van der Waals surface area contributed by atoms with Gasteiger partial charge in [0.1, 0.15) is 12.4 Å². The van der Waals surface area contributed by atoms with Gasteiger partial charge in [-0.15, -0.1) is 0 Å². The van der Waals surface area contributed by atoms with Crippen molar-refractivity contribution in [2.75, 3.05) is 0 Å². The standard InChI is InChI=1S/C21H18ClNO/c1-16-7-5-6-10-20(16)23-14-18-13-19(22)11-12-21(18)24-15-17-8-3-2-4-9-17/h2-14H,15H2,1H3. The summed E-state index contributed by atoms with van der Waals surface area (Å²) in [5.74, 6) is 0.764. The Labute approximate surface area is 147 Å². The number of ether oxygens (including phenoxy) is 1. The first-order chi connectivity index (χ1) is 11.7. The van der Waals surface area contributed by atoms with E-state index in [4.69, 9.17) is 16.3 Å². The smallest absolute Gasteiger partial charge is 0.128 e. The summed E-state index contributed by atoms with van der Waals surface area (Å²) in [5, 5.41) is 0.660. The molecule has 0 aliphatic carbocycles. The van der Waals surface area contributed by atoms with E-state index in [9.17, 15) is 0 Å². The lowest BCUT2D eigenvalue weighted by Gasteiger charge is -2.10. The van der Waals surface area contributed by atoms with Crippen molar-refractivity contribution in [2.45, 2.75) is 13.5 Å². The third kappa shape index (κ3) is 4.24. The molecule has 0 atom stereocenters. The van der Waals surface area contributed by atoms with Crippen molar-refractivity contribution in [3.8, 4) is 5.75 Å². The van der Waals surface area contributed by atoms with Gasteiger partial charge in [-0.2, -0.15) is 0 Å². The predicted octanol–water partition coefficient (Wildman–Crippen LogP) is 5.98. The molecule has 0 N–H and O–H groups in total. The summed E-state index contributed by atoms with van der Waals surface area (Å²) < 4.78 is 5.95. The highest BCUT2D eigenvalue weighted by Crippen LogP contribution is 2.24. The summed E-state index contributed by atoms with van der Waals surface area (Å²) in [7, 11) is 0. The van der Waals surface area contributed by atoms with Crippen molar-refractivity contribution in [1.29, 1.82) is 0 Å². The van der Waals surface area contributed by atoms with E-state index in [0.717, 1.165) is 28.1 Å². The first-order valence-corrected chi connectivity index (χ1v) is 8.16. The first-order valence-electron chi connectivity index (χ1n) is 7.78. The van der Waals surface area contributed by atoms with Crippen LogP contribution in [0.4, 0.5) is 5.69 Å². The second-order valence-corrected chi connectivity index (χ2v) is 5.94. The molecule has 0 spiro atoms. The lowest BCUT2D eigenvalue weighted by molar-refractivity contribution is 0.306. The fourth-order valence-electron chi connectivity index (χ4n) is 2.33. The van der Waals surface area contributed by atoms with Crippen LogP contribution in [0.15, 0.2) is 77.8 Å². The second-order valence-electron chi connectivity index (χ2n) is 5.50. The van der Waals surface area contributed by atoms with Gasteiger partial charge in [0.15, 0.2) is 0 Å². The molecule has 0 aliphatic rings. The highest BCUT2D eigenvalue weighted by molar-refractivity contribution is 6.30. The van der Waals surface area contributed by atoms with Crippen LogP contribution in [0.5, 0.6) is 5.75 Å². The summed E-state index contributed by atoms with van der Waals surface area (Å²) in [4.78, 5) is 4.57. The van der Waals surface area contributed by atoms with Crippen LogP contribution in [0.1, 0.15) is 16.7 Å². The van der Waals surface area contributed by atoms with Gasteiger partial charge < -0.3 is 4.74 Å². The van der Waals surface area contributed by atoms with E-state index in [1.54, 1.807) is 6.21 Å². The van der Waals surface area contributed by atoms with Gasteiger partial charge in [-0.1, -0.05) is 60.1 Å². The molecule has 3 heteroatoms. The third-order valence-electron chi connectivity index (χ3n) is 3.67. The zero-order valence-corrected chi connectivity index (χ0v) is 14.2. The van der Waals surface area contributed by atoms with Gasteiger partial charge in [-0.25, -0.2) is 0 Å². The molecule has 0 aromatic heterocycles. The van der Waals surface area contributed by atoms with Crippen LogP contribution >= 0.6 is 11.6 Å². The molecule has 0 amide bonds. The number of aryl methyl sites for hydroxylation is 1. The normalized spacial score (nSPS) is 10.9. The number of aliphatic imine (C=N–C) groups is 1. The van der Waals surface area contributed by atoms with Crippen molar-refractivity contribution in [3.05, 3.63) is 94.5 Å². The van der Waals surface area contributed by atoms with E-state index in [2.05, 4.69) is 4.99 Å². The van der Waals surface area contributed by atoms with Gasteiger partial charge in [-0.05, 0) is 42.3 Å². The van der Waals surface area contributed by atoms with E-state index in [-0.39, 0.29) is 0 Å². The SMILES string of the molecule is Cc1ccccc1N=Cc1cc(Cl)ccc1OCc1ccccc1. The highest BCUT2D eigenvalue weighted by atomic mass is 35.5.